The lowest BCUT2D eigenvalue weighted by Crippen LogP contribution is -2.45. The molecule has 1 heterocycles. The summed E-state index contributed by atoms with van der Waals surface area (Å²) in [5.74, 6) is -1.47. The van der Waals surface area contributed by atoms with Gasteiger partial charge in [-0.05, 0) is 23.8 Å². The first kappa shape index (κ1) is 22.7. The molecule has 0 fully saturated rings. The summed E-state index contributed by atoms with van der Waals surface area (Å²) >= 11 is 0. The van der Waals surface area contributed by atoms with E-state index < -0.39 is 35.8 Å². The van der Waals surface area contributed by atoms with E-state index in [0.29, 0.717) is 5.75 Å². The molecule has 0 radical (unpaired) electrons. The maximum atomic E-state index is 14.4. The monoisotopic (exact) mass is 439 g/mol. The highest BCUT2D eigenvalue weighted by atomic mass is 19.1. The van der Waals surface area contributed by atoms with Crippen molar-refractivity contribution in [3.8, 4) is 17.0 Å². The van der Waals surface area contributed by atoms with Crippen LogP contribution in [-0.2, 0) is 27.3 Å². The fraction of sp³-hybridized carbons (Fsp3) is 0.217. The third-order valence-corrected chi connectivity index (χ3v) is 4.72. The van der Waals surface area contributed by atoms with E-state index in [1.54, 1.807) is 6.07 Å². The smallest absolute Gasteiger partial charge is 0.328 e. The van der Waals surface area contributed by atoms with Gasteiger partial charge in [-0.3, -0.25) is 9.59 Å². The van der Waals surface area contributed by atoms with Crippen molar-refractivity contribution in [1.29, 1.82) is 0 Å². The van der Waals surface area contributed by atoms with Crippen LogP contribution in [0.15, 0.2) is 65.5 Å². The van der Waals surface area contributed by atoms with Crippen molar-refractivity contribution in [2.24, 2.45) is 0 Å². The van der Waals surface area contributed by atoms with Crippen LogP contribution in [0.2, 0.25) is 0 Å². The van der Waals surface area contributed by atoms with Gasteiger partial charge in [-0.2, -0.15) is 5.10 Å². The molecule has 8 nitrogen and oxygen atoms in total. The molecule has 1 N–H and O–H groups in total. The molecule has 3 rings (SSSR count). The first-order chi connectivity index (χ1) is 15.4. The summed E-state index contributed by atoms with van der Waals surface area (Å²) in [5, 5.41) is 6.68. The predicted octanol–water partition coefficient (Wildman–Crippen LogP) is 1.96. The first-order valence-corrected chi connectivity index (χ1v) is 9.74. The van der Waals surface area contributed by atoms with E-state index in [4.69, 9.17) is 9.47 Å². The first-order valence-electron chi connectivity index (χ1n) is 9.74. The number of rotatable bonds is 8. The van der Waals surface area contributed by atoms with E-state index in [0.717, 1.165) is 10.2 Å². The Morgan fingerprint density at radius 1 is 1.09 bits per heavy atom. The molecule has 3 aromatic rings. The normalized spacial score (nSPS) is 11.5. The molecule has 166 valence electrons. The maximum Gasteiger partial charge on any atom is 0.328 e. The van der Waals surface area contributed by atoms with Crippen LogP contribution in [0.1, 0.15) is 5.56 Å². The van der Waals surface area contributed by atoms with Crippen molar-refractivity contribution in [2.75, 3.05) is 14.2 Å². The van der Waals surface area contributed by atoms with Crippen LogP contribution in [0, 0.1) is 5.82 Å². The quantitative estimate of drug-likeness (QED) is 0.539. The van der Waals surface area contributed by atoms with E-state index >= 15 is 0 Å². The number of aromatic nitrogens is 2. The number of nitrogens with zero attached hydrogens (tertiary/aromatic N) is 2. The molecule has 1 atom stereocenters. The summed E-state index contributed by atoms with van der Waals surface area (Å²) in [6.07, 6.45) is 0.221. The van der Waals surface area contributed by atoms with E-state index in [2.05, 4.69) is 10.4 Å². The number of benzene rings is 2. The fourth-order valence-corrected chi connectivity index (χ4v) is 3.10. The molecular weight excluding hydrogens is 417 g/mol. The van der Waals surface area contributed by atoms with Gasteiger partial charge in [0.2, 0.25) is 5.91 Å². The van der Waals surface area contributed by atoms with Crippen molar-refractivity contribution in [3.63, 3.8) is 0 Å². The van der Waals surface area contributed by atoms with Crippen LogP contribution in [0.4, 0.5) is 4.39 Å². The number of carbonyl (C=O) groups is 2. The van der Waals surface area contributed by atoms with Crippen LogP contribution in [0.25, 0.3) is 11.3 Å². The summed E-state index contributed by atoms with van der Waals surface area (Å²) in [6.45, 7) is -0.452. The Morgan fingerprint density at radius 2 is 1.84 bits per heavy atom. The van der Waals surface area contributed by atoms with Crippen LogP contribution in [-0.4, -0.2) is 41.9 Å². The highest BCUT2D eigenvalue weighted by Gasteiger charge is 2.22. The SMILES string of the molecule is COC(=O)C(Cc1ccccc1)NC(=O)Cn1nc(-c2ccc(OC)cc2F)ccc1=O. The largest absolute Gasteiger partial charge is 0.497 e. The molecule has 1 aromatic heterocycles. The van der Waals surface area contributed by atoms with Gasteiger partial charge in [-0.15, -0.1) is 0 Å². The van der Waals surface area contributed by atoms with Crippen molar-refractivity contribution in [3.05, 3.63) is 82.4 Å². The van der Waals surface area contributed by atoms with Crippen LogP contribution < -0.4 is 15.6 Å². The lowest BCUT2D eigenvalue weighted by Gasteiger charge is -2.17. The Labute approximate surface area is 183 Å². The number of carbonyl (C=O) groups excluding carboxylic acids is 2. The van der Waals surface area contributed by atoms with Gasteiger partial charge in [0, 0.05) is 24.1 Å². The topological polar surface area (TPSA) is 99.5 Å². The second-order valence-electron chi connectivity index (χ2n) is 6.89. The number of hydrogen-bond acceptors (Lipinski definition) is 6. The summed E-state index contributed by atoms with van der Waals surface area (Å²) in [4.78, 5) is 36.9. The zero-order valence-corrected chi connectivity index (χ0v) is 17.6. The number of halogens is 1. The van der Waals surface area contributed by atoms with Gasteiger partial charge in [-0.1, -0.05) is 30.3 Å². The summed E-state index contributed by atoms with van der Waals surface area (Å²) in [6, 6.07) is 15.0. The van der Waals surface area contributed by atoms with E-state index in [1.807, 2.05) is 30.3 Å². The Kier molecular flexibility index (Phi) is 7.33. The molecule has 32 heavy (non-hydrogen) atoms. The third kappa shape index (κ3) is 5.57. The van der Waals surface area contributed by atoms with E-state index in [9.17, 15) is 18.8 Å². The second kappa shape index (κ2) is 10.3. The molecule has 0 saturated heterocycles. The average Bonchev–Trinajstić information content (AvgIpc) is 2.80. The number of ether oxygens (including phenoxy) is 2. The van der Waals surface area contributed by atoms with Crippen LogP contribution in [0.3, 0.4) is 0 Å². The number of methoxy groups -OCH3 is 2. The van der Waals surface area contributed by atoms with Crippen molar-refractivity contribution in [2.45, 2.75) is 19.0 Å². The summed E-state index contributed by atoms with van der Waals surface area (Å²) in [5.41, 5.74) is 0.605. The van der Waals surface area contributed by atoms with Crippen molar-refractivity contribution < 1.29 is 23.5 Å². The Bertz CT molecular complexity index is 1160. The van der Waals surface area contributed by atoms with E-state index in [-0.39, 0.29) is 17.7 Å². The molecule has 2 aromatic carbocycles. The Balaban J connectivity index is 1.78. The zero-order valence-electron chi connectivity index (χ0n) is 17.6. The summed E-state index contributed by atoms with van der Waals surface area (Å²) < 4.78 is 25.1. The molecule has 9 heteroatoms. The van der Waals surface area contributed by atoms with Gasteiger partial charge < -0.3 is 14.8 Å². The molecular formula is C23H22FN3O5. The fourth-order valence-electron chi connectivity index (χ4n) is 3.10. The van der Waals surface area contributed by atoms with Crippen molar-refractivity contribution >= 4 is 11.9 Å². The van der Waals surface area contributed by atoms with E-state index in [1.165, 1.54) is 38.5 Å². The second-order valence-corrected chi connectivity index (χ2v) is 6.89. The maximum absolute atomic E-state index is 14.4. The molecule has 0 saturated carbocycles. The molecule has 0 aliphatic rings. The number of amides is 1. The van der Waals surface area contributed by atoms with Gasteiger partial charge in [-0.25, -0.2) is 13.9 Å². The van der Waals surface area contributed by atoms with Crippen LogP contribution in [0.5, 0.6) is 5.75 Å². The highest BCUT2D eigenvalue weighted by molar-refractivity contribution is 5.84. The minimum atomic E-state index is -0.937. The molecule has 0 aliphatic heterocycles. The lowest BCUT2D eigenvalue weighted by molar-refractivity contribution is -0.145. The van der Waals surface area contributed by atoms with Gasteiger partial charge in [0.15, 0.2) is 0 Å². The lowest BCUT2D eigenvalue weighted by atomic mass is 10.1. The molecule has 1 unspecified atom stereocenters. The van der Waals surface area contributed by atoms with Crippen LogP contribution >= 0.6 is 0 Å². The van der Waals surface area contributed by atoms with Crippen molar-refractivity contribution in [1.82, 2.24) is 15.1 Å². The van der Waals surface area contributed by atoms with Gasteiger partial charge in [0.25, 0.3) is 5.56 Å². The van der Waals surface area contributed by atoms with Gasteiger partial charge >= 0.3 is 5.97 Å². The standard InChI is InChI=1S/C23H22FN3O5/c1-31-16-8-9-17(18(24)13-16)19-10-11-22(29)27(26-19)14-21(28)25-20(23(30)32-2)12-15-6-4-3-5-7-15/h3-11,13,20H,12,14H2,1-2H3,(H,25,28). The average molecular weight is 439 g/mol. The summed E-state index contributed by atoms with van der Waals surface area (Å²) in [7, 11) is 2.65. The number of esters is 1. The number of hydrogen-bond donors (Lipinski definition) is 1. The third-order valence-electron chi connectivity index (χ3n) is 4.72. The van der Waals surface area contributed by atoms with Gasteiger partial charge in [0.05, 0.1) is 19.9 Å². The predicted molar refractivity (Wildman–Crippen MR) is 115 cm³/mol. The number of nitrogens with one attached hydrogen (secondary N) is 1. The molecule has 0 spiro atoms. The Hall–Kier alpha value is -4.01. The minimum absolute atomic E-state index is 0.150. The molecule has 1 amide bonds. The Morgan fingerprint density at radius 3 is 2.50 bits per heavy atom. The highest BCUT2D eigenvalue weighted by Crippen LogP contribution is 2.24. The van der Waals surface area contributed by atoms with Gasteiger partial charge in [0.1, 0.15) is 24.2 Å². The molecule has 0 aliphatic carbocycles. The minimum Gasteiger partial charge on any atom is -0.497 e. The zero-order chi connectivity index (χ0) is 23.1. The molecule has 0 bridgehead atoms.